The maximum absolute atomic E-state index is 4.49. The molecule has 1 aromatic carbocycles. The highest BCUT2D eigenvalue weighted by atomic mass is 32.2. The molecule has 0 saturated carbocycles. The van der Waals surface area contributed by atoms with Gasteiger partial charge in [0.25, 0.3) is 0 Å². The van der Waals surface area contributed by atoms with Gasteiger partial charge in [-0.25, -0.2) is 9.97 Å². The first-order valence-electron chi connectivity index (χ1n) is 5.89. The summed E-state index contributed by atoms with van der Waals surface area (Å²) >= 11 is 1.60. The quantitative estimate of drug-likeness (QED) is 0.717. The van der Waals surface area contributed by atoms with Gasteiger partial charge < -0.3 is 10.3 Å². The summed E-state index contributed by atoms with van der Waals surface area (Å²) in [6, 6.07) is 8.33. The van der Waals surface area contributed by atoms with E-state index in [1.54, 1.807) is 25.1 Å². The van der Waals surface area contributed by atoms with Crippen LogP contribution in [0.2, 0.25) is 0 Å². The van der Waals surface area contributed by atoms with Gasteiger partial charge in [0.2, 0.25) is 5.95 Å². The van der Waals surface area contributed by atoms with Gasteiger partial charge in [-0.2, -0.15) is 4.98 Å². The number of H-pyrrole nitrogens is 1. The van der Waals surface area contributed by atoms with Gasteiger partial charge in [-0.3, -0.25) is 0 Å². The Labute approximate surface area is 114 Å². The van der Waals surface area contributed by atoms with Gasteiger partial charge in [0.1, 0.15) is 10.5 Å². The summed E-state index contributed by atoms with van der Waals surface area (Å²) in [6.07, 6.45) is 1.64. The van der Waals surface area contributed by atoms with Gasteiger partial charge in [-0.1, -0.05) is 29.5 Å². The summed E-state index contributed by atoms with van der Waals surface area (Å²) in [5.41, 5.74) is 2.77. The van der Waals surface area contributed by atoms with Crippen molar-refractivity contribution in [3.05, 3.63) is 36.2 Å². The fourth-order valence-electron chi connectivity index (χ4n) is 1.78. The normalized spacial score (nSPS) is 10.8. The van der Waals surface area contributed by atoms with E-state index in [-0.39, 0.29) is 0 Å². The minimum absolute atomic E-state index is 0.578. The van der Waals surface area contributed by atoms with Crippen LogP contribution in [0.1, 0.15) is 5.56 Å². The first kappa shape index (κ1) is 12.0. The fourth-order valence-corrected chi connectivity index (χ4v) is 2.78. The molecule has 0 amide bonds. The summed E-state index contributed by atoms with van der Waals surface area (Å²) in [7, 11) is 1.80. The van der Waals surface area contributed by atoms with Crippen molar-refractivity contribution >= 4 is 28.9 Å². The molecule has 0 unspecified atom stereocenters. The number of benzene rings is 1. The van der Waals surface area contributed by atoms with E-state index in [1.165, 1.54) is 5.56 Å². The van der Waals surface area contributed by atoms with Crippen LogP contribution in [0.4, 0.5) is 5.95 Å². The Morgan fingerprint density at radius 2 is 2.16 bits per heavy atom. The third kappa shape index (κ3) is 2.39. The molecule has 0 aliphatic rings. The lowest BCUT2D eigenvalue weighted by Crippen LogP contribution is -1.98. The molecule has 96 valence electrons. The van der Waals surface area contributed by atoms with Crippen LogP contribution in [0.5, 0.6) is 0 Å². The van der Waals surface area contributed by atoms with Crippen LogP contribution in [-0.2, 0) is 0 Å². The molecule has 2 N–H and O–H groups in total. The van der Waals surface area contributed by atoms with Gasteiger partial charge in [0.15, 0.2) is 5.65 Å². The Hall–Kier alpha value is -2.08. The number of hydrogen-bond donors (Lipinski definition) is 2. The van der Waals surface area contributed by atoms with Crippen molar-refractivity contribution in [1.82, 2.24) is 19.9 Å². The van der Waals surface area contributed by atoms with E-state index < -0.39 is 0 Å². The van der Waals surface area contributed by atoms with Gasteiger partial charge >= 0.3 is 0 Å². The van der Waals surface area contributed by atoms with Crippen LogP contribution < -0.4 is 5.32 Å². The minimum Gasteiger partial charge on any atom is -0.357 e. The molecule has 2 heterocycles. The smallest absolute Gasteiger partial charge is 0.225 e. The van der Waals surface area contributed by atoms with E-state index in [4.69, 9.17) is 0 Å². The highest BCUT2D eigenvalue weighted by Crippen LogP contribution is 2.31. The van der Waals surface area contributed by atoms with Crippen LogP contribution in [0.25, 0.3) is 11.2 Å². The SMILES string of the molecule is CNc1nc(Sc2cccc(C)c2)c2[nH]cnc2n1. The number of aryl methyl sites for hydroxylation is 1. The van der Waals surface area contributed by atoms with Crippen molar-refractivity contribution in [2.75, 3.05) is 12.4 Å². The molecule has 3 aromatic rings. The average molecular weight is 271 g/mol. The molecule has 0 fully saturated rings. The standard InChI is InChI=1S/C13H13N5S/c1-8-4-3-5-9(6-8)19-12-10-11(16-7-15-10)17-13(14-2)18-12/h3-7H,1-2H3,(H2,14,15,16,17,18). The Kier molecular flexibility index (Phi) is 3.08. The summed E-state index contributed by atoms with van der Waals surface area (Å²) in [4.78, 5) is 17.2. The second-order valence-electron chi connectivity index (χ2n) is 4.12. The van der Waals surface area contributed by atoms with Gasteiger partial charge in [-0.15, -0.1) is 0 Å². The number of imidazole rings is 1. The van der Waals surface area contributed by atoms with Gasteiger partial charge in [-0.05, 0) is 19.1 Å². The molecule has 0 aliphatic heterocycles. The number of hydrogen-bond acceptors (Lipinski definition) is 5. The van der Waals surface area contributed by atoms with E-state index in [0.29, 0.717) is 11.6 Å². The summed E-state index contributed by atoms with van der Waals surface area (Å²) in [5.74, 6) is 0.578. The van der Waals surface area contributed by atoms with Crippen molar-refractivity contribution < 1.29 is 0 Å². The summed E-state index contributed by atoms with van der Waals surface area (Å²) in [5, 5.41) is 3.83. The molecule has 0 aliphatic carbocycles. The topological polar surface area (TPSA) is 66.5 Å². The van der Waals surface area contributed by atoms with E-state index in [9.17, 15) is 0 Å². The third-order valence-corrected chi connectivity index (χ3v) is 3.66. The lowest BCUT2D eigenvalue weighted by molar-refractivity contribution is 1.08. The Bertz CT molecular complexity index is 722. The van der Waals surface area contributed by atoms with E-state index >= 15 is 0 Å². The number of fused-ring (bicyclic) bond motifs is 1. The maximum Gasteiger partial charge on any atom is 0.225 e. The highest BCUT2D eigenvalue weighted by Gasteiger charge is 2.10. The molecule has 0 spiro atoms. The zero-order valence-corrected chi connectivity index (χ0v) is 11.5. The van der Waals surface area contributed by atoms with Crippen molar-refractivity contribution in [1.29, 1.82) is 0 Å². The molecular formula is C13H13N5S. The minimum atomic E-state index is 0.578. The molecule has 2 aromatic heterocycles. The lowest BCUT2D eigenvalue weighted by atomic mass is 10.2. The zero-order chi connectivity index (χ0) is 13.2. The van der Waals surface area contributed by atoms with Crippen molar-refractivity contribution in [2.45, 2.75) is 16.8 Å². The molecule has 19 heavy (non-hydrogen) atoms. The molecule has 0 atom stereocenters. The summed E-state index contributed by atoms with van der Waals surface area (Å²) < 4.78 is 0. The molecule has 6 heteroatoms. The fraction of sp³-hybridized carbons (Fsp3) is 0.154. The largest absolute Gasteiger partial charge is 0.357 e. The number of aromatic nitrogens is 4. The number of nitrogens with zero attached hydrogens (tertiary/aromatic N) is 3. The maximum atomic E-state index is 4.49. The lowest BCUT2D eigenvalue weighted by Gasteiger charge is -2.05. The van der Waals surface area contributed by atoms with E-state index in [0.717, 1.165) is 15.4 Å². The molecular weight excluding hydrogens is 258 g/mol. The van der Waals surface area contributed by atoms with Crippen LogP contribution in [-0.4, -0.2) is 27.0 Å². The number of nitrogens with one attached hydrogen (secondary N) is 2. The van der Waals surface area contributed by atoms with Crippen LogP contribution >= 0.6 is 11.8 Å². The average Bonchev–Trinajstić information content (AvgIpc) is 2.87. The van der Waals surface area contributed by atoms with Gasteiger partial charge in [0.05, 0.1) is 6.33 Å². The van der Waals surface area contributed by atoms with Crippen molar-refractivity contribution in [2.24, 2.45) is 0 Å². The van der Waals surface area contributed by atoms with Crippen molar-refractivity contribution in [3.8, 4) is 0 Å². The van der Waals surface area contributed by atoms with Crippen LogP contribution in [0, 0.1) is 6.92 Å². The molecule has 5 nitrogen and oxygen atoms in total. The zero-order valence-electron chi connectivity index (χ0n) is 10.6. The Morgan fingerprint density at radius 3 is 2.95 bits per heavy atom. The Balaban J connectivity index is 2.06. The molecule has 0 saturated heterocycles. The van der Waals surface area contributed by atoms with E-state index in [2.05, 4.69) is 50.4 Å². The third-order valence-electron chi connectivity index (χ3n) is 2.68. The van der Waals surface area contributed by atoms with Crippen LogP contribution in [0.3, 0.4) is 0 Å². The second kappa shape index (κ2) is 4.89. The monoisotopic (exact) mass is 271 g/mol. The number of rotatable bonds is 3. The van der Waals surface area contributed by atoms with Crippen molar-refractivity contribution in [3.63, 3.8) is 0 Å². The highest BCUT2D eigenvalue weighted by molar-refractivity contribution is 7.99. The van der Waals surface area contributed by atoms with E-state index in [1.807, 2.05) is 6.07 Å². The number of anilines is 1. The number of aromatic amines is 1. The molecule has 0 radical (unpaired) electrons. The van der Waals surface area contributed by atoms with Crippen LogP contribution in [0.15, 0.2) is 40.5 Å². The predicted molar refractivity (Wildman–Crippen MR) is 76.5 cm³/mol. The second-order valence-corrected chi connectivity index (χ2v) is 5.18. The molecule has 3 rings (SSSR count). The molecule has 0 bridgehead atoms. The van der Waals surface area contributed by atoms with Gasteiger partial charge in [0, 0.05) is 11.9 Å². The summed E-state index contributed by atoms with van der Waals surface area (Å²) in [6.45, 7) is 2.08. The predicted octanol–water partition coefficient (Wildman–Crippen LogP) is 2.85. The first-order valence-corrected chi connectivity index (χ1v) is 6.71. The Morgan fingerprint density at radius 1 is 1.26 bits per heavy atom. The first-order chi connectivity index (χ1) is 9.26.